The first-order valence-electron chi connectivity index (χ1n) is 5.60. The van der Waals surface area contributed by atoms with Crippen molar-refractivity contribution in [3.8, 4) is 12.3 Å². The average Bonchev–Trinajstić information content (AvgIpc) is 2.29. The van der Waals surface area contributed by atoms with Crippen molar-refractivity contribution >= 4 is 0 Å². The number of pyridine rings is 1. The Labute approximate surface area is 92.9 Å². The predicted octanol–water partition coefficient (Wildman–Crippen LogP) is 3.53. The first-order valence-corrected chi connectivity index (χ1v) is 5.60. The van der Waals surface area contributed by atoms with Gasteiger partial charge >= 0.3 is 0 Å². The Morgan fingerprint density at radius 3 is 2.67 bits per heavy atom. The van der Waals surface area contributed by atoms with E-state index in [1.165, 1.54) is 6.42 Å². The highest BCUT2D eigenvalue weighted by molar-refractivity contribution is 5.28. The molecule has 0 fully saturated rings. The third kappa shape index (κ3) is 2.59. The summed E-state index contributed by atoms with van der Waals surface area (Å²) in [6.07, 6.45) is 8.79. The molecule has 0 amide bonds. The van der Waals surface area contributed by atoms with Gasteiger partial charge in [0.2, 0.25) is 0 Å². The van der Waals surface area contributed by atoms with Crippen molar-refractivity contribution in [3.05, 3.63) is 29.6 Å². The molecule has 1 aromatic heterocycles. The van der Waals surface area contributed by atoms with Crippen LogP contribution < -0.4 is 0 Å². The molecule has 0 radical (unpaired) electrons. The Morgan fingerprint density at radius 1 is 1.40 bits per heavy atom. The van der Waals surface area contributed by atoms with Gasteiger partial charge in [-0.2, -0.15) is 0 Å². The minimum absolute atomic E-state index is 0.168. The van der Waals surface area contributed by atoms with Crippen LogP contribution in [0.1, 0.15) is 51.4 Å². The summed E-state index contributed by atoms with van der Waals surface area (Å²) in [4.78, 5) is 4.52. The topological polar surface area (TPSA) is 12.9 Å². The second-order valence-electron chi connectivity index (χ2n) is 4.22. The summed E-state index contributed by atoms with van der Waals surface area (Å²) in [7, 11) is 0. The van der Waals surface area contributed by atoms with Crippen molar-refractivity contribution in [1.29, 1.82) is 0 Å². The van der Waals surface area contributed by atoms with E-state index in [4.69, 9.17) is 6.42 Å². The lowest BCUT2D eigenvalue weighted by molar-refractivity contribution is 0.402. The molecule has 1 nitrogen and oxygen atoms in total. The van der Waals surface area contributed by atoms with Crippen molar-refractivity contribution in [2.45, 2.75) is 45.4 Å². The summed E-state index contributed by atoms with van der Waals surface area (Å²) in [6, 6.07) is 5.96. The highest BCUT2D eigenvalue weighted by atomic mass is 14.7. The van der Waals surface area contributed by atoms with Gasteiger partial charge in [-0.05, 0) is 25.0 Å². The lowest BCUT2D eigenvalue weighted by Gasteiger charge is -2.27. The second kappa shape index (κ2) is 4.98. The zero-order valence-electron chi connectivity index (χ0n) is 9.88. The van der Waals surface area contributed by atoms with E-state index in [1.54, 1.807) is 0 Å². The van der Waals surface area contributed by atoms with Gasteiger partial charge in [0.15, 0.2) is 0 Å². The van der Waals surface area contributed by atoms with Gasteiger partial charge in [-0.15, -0.1) is 6.42 Å². The van der Waals surface area contributed by atoms with Crippen molar-refractivity contribution in [2.24, 2.45) is 0 Å². The highest BCUT2D eigenvalue weighted by Gasteiger charge is 2.24. The van der Waals surface area contributed by atoms with Crippen LogP contribution in [0.2, 0.25) is 0 Å². The Morgan fingerprint density at radius 2 is 2.13 bits per heavy atom. The maximum Gasteiger partial charge on any atom is 0.113 e. The Balaban J connectivity index is 3.07. The molecule has 1 unspecified atom stereocenters. The van der Waals surface area contributed by atoms with E-state index < -0.39 is 0 Å². The van der Waals surface area contributed by atoms with Crippen LogP contribution in [0.25, 0.3) is 0 Å². The second-order valence-corrected chi connectivity index (χ2v) is 4.22. The van der Waals surface area contributed by atoms with Crippen LogP contribution in [0, 0.1) is 12.3 Å². The summed E-state index contributed by atoms with van der Waals surface area (Å²) in [5.41, 5.74) is 2.03. The summed E-state index contributed by atoms with van der Waals surface area (Å²) in [5.74, 6) is 2.59. The minimum atomic E-state index is 0.168. The van der Waals surface area contributed by atoms with Gasteiger partial charge in [0, 0.05) is 11.1 Å². The Bertz CT molecular complexity index is 362. The maximum absolute atomic E-state index is 5.36. The molecule has 1 heterocycles. The fourth-order valence-electron chi connectivity index (χ4n) is 1.89. The number of rotatable bonds is 4. The highest BCUT2D eigenvalue weighted by Crippen LogP contribution is 2.30. The molecule has 0 aromatic carbocycles. The maximum atomic E-state index is 5.36. The fourth-order valence-corrected chi connectivity index (χ4v) is 1.89. The summed E-state index contributed by atoms with van der Waals surface area (Å²) in [5, 5.41) is 0. The molecule has 0 spiro atoms. The third-order valence-electron chi connectivity index (χ3n) is 3.10. The minimum Gasteiger partial charge on any atom is -0.244 e. The van der Waals surface area contributed by atoms with Crippen LogP contribution in [0.15, 0.2) is 18.2 Å². The van der Waals surface area contributed by atoms with E-state index in [1.807, 2.05) is 12.1 Å². The van der Waals surface area contributed by atoms with Gasteiger partial charge in [-0.3, -0.25) is 0 Å². The lowest BCUT2D eigenvalue weighted by Crippen LogP contribution is -2.22. The fraction of sp³-hybridized carbons (Fsp3) is 0.500. The molecule has 0 saturated carbocycles. The molecule has 0 aliphatic rings. The van der Waals surface area contributed by atoms with Gasteiger partial charge in [-0.1, -0.05) is 39.2 Å². The molecule has 80 valence electrons. The molecule has 1 rings (SSSR count). The van der Waals surface area contributed by atoms with Crippen LogP contribution >= 0.6 is 0 Å². The van der Waals surface area contributed by atoms with Gasteiger partial charge in [-0.25, -0.2) is 4.98 Å². The van der Waals surface area contributed by atoms with Gasteiger partial charge in [0.05, 0.1) is 0 Å². The average molecular weight is 201 g/mol. The van der Waals surface area contributed by atoms with Gasteiger partial charge in [0.1, 0.15) is 5.69 Å². The van der Waals surface area contributed by atoms with Crippen molar-refractivity contribution in [2.75, 3.05) is 0 Å². The van der Waals surface area contributed by atoms with Gasteiger partial charge in [0.25, 0.3) is 0 Å². The third-order valence-corrected chi connectivity index (χ3v) is 3.10. The molecular formula is C14H19N. The van der Waals surface area contributed by atoms with E-state index >= 15 is 0 Å². The van der Waals surface area contributed by atoms with Crippen LogP contribution in [0.3, 0.4) is 0 Å². The largest absolute Gasteiger partial charge is 0.244 e. The SMILES string of the molecule is C#Cc1cccc(C(C)(CC)CCC)n1. The molecule has 15 heavy (non-hydrogen) atoms. The number of aromatic nitrogens is 1. The molecule has 0 aliphatic heterocycles. The normalized spacial score (nSPS) is 14.3. The summed E-state index contributed by atoms with van der Waals surface area (Å²) >= 11 is 0. The quantitative estimate of drug-likeness (QED) is 0.679. The molecule has 1 aromatic rings. The van der Waals surface area contributed by atoms with E-state index in [9.17, 15) is 0 Å². The summed E-state index contributed by atoms with van der Waals surface area (Å²) in [6.45, 7) is 6.68. The van der Waals surface area contributed by atoms with Crippen LogP contribution in [0.5, 0.6) is 0 Å². The molecule has 1 heteroatoms. The number of hydrogen-bond donors (Lipinski definition) is 0. The number of terminal acetylenes is 1. The smallest absolute Gasteiger partial charge is 0.113 e. The molecule has 0 N–H and O–H groups in total. The zero-order valence-corrected chi connectivity index (χ0v) is 9.88. The molecule has 0 bridgehead atoms. The molecule has 0 saturated heterocycles. The predicted molar refractivity (Wildman–Crippen MR) is 64.7 cm³/mol. The van der Waals surface area contributed by atoms with Crippen molar-refractivity contribution in [1.82, 2.24) is 4.98 Å². The standard InChI is InChI=1S/C14H19N/c1-5-11-14(4,7-3)13-10-8-9-12(6-2)15-13/h2,8-10H,5,7,11H2,1,3-4H3. The first-order chi connectivity index (χ1) is 7.16. The Kier molecular flexibility index (Phi) is 3.91. The van der Waals surface area contributed by atoms with Crippen molar-refractivity contribution < 1.29 is 0 Å². The Hall–Kier alpha value is -1.29. The molecule has 1 atom stereocenters. The van der Waals surface area contributed by atoms with E-state index in [0.29, 0.717) is 0 Å². The zero-order chi connectivity index (χ0) is 11.3. The van der Waals surface area contributed by atoms with Crippen LogP contribution in [-0.4, -0.2) is 4.98 Å². The lowest BCUT2D eigenvalue weighted by atomic mass is 9.79. The number of nitrogens with zero attached hydrogens (tertiary/aromatic N) is 1. The monoisotopic (exact) mass is 201 g/mol. The molecule has 0 aliphatic carbocycles. The van der Waals surface area contributed by atoms with Crippen LogP contribution in [0.4, 0.5) is 0 Å². The van der Waals surface area contributed by atoms with Crippen molar-refractivity contribution in [3.63, 3.8) is 0 Å². The molecular weight excluding hydrogens is 182 g/mol. The van der Waals surface area contributed by atoms with Gasteiger partial charge < -0.3 is 0 Å². The van der Waals surface area contributed by atoms with E-state index in [-0.39, 0.29) is 5.41 Å². The van der Waals surface area contributed by atoms with Crippen LogP contribution in [-0.2, 0) is 5.41 Å². The number of hydrogen-bond acceptors (Lipinski definition) is 1. The van der Waals surface area contributed by atoms with E-state index in [0.717, 1.165) is 24.2 Å². The summed E-state index contributed by atoms with van der Waals surface area (Å²) < 4.78 is 0. The van der Waals surface area contributed by atoms with E-state index in [2.05, 4.69) is 37.7 Å². The first kappa shape index (κ1) is 11.8.